The minimum atomic E-state index is -0.388. The molecule has 1 aromatic rings. The lowest BCUT2D eigenvalue weighted by Crippen LogP contribution is -2.48. The third-order valence-electron chi connectivity index (χ3n) is 3.80. The molecule has 2 saturated heterocycles. The zero-order valence-electron chi connectivity index (χ0n) is 13.4. The van der Waals surface area contributed by atoms with Gasteiger partial charge >= 0.3 is 0 Å². The lowest BCUT2D eigenvalue weighted by molar-refractivity contribution is -0.115. The Bertz CT molecular complexity index is 704. The summed E-state index contributed by atoms with van der Waals surface area (Å²) >= 11 is 0.875. The van der Waals surface area contributed by atoms with Crippen molar-refractivity contribution in [2.45, 2.75) is 26.1 Å². The average molecular weight is 346 g/mol. The number of nitrogens with zero attached hydrogens (tertiary/aromatic N) is 1. The molecule has 3 rings (SSSR count). The van der Waals surface area contributed by atoms with E-state index in [1.165, 1.54) is 0 Å². The van der Waals surface area contributed by atoms with Gasteiger partial charge in [0.05, 0.1) is 17.1 Å². The van der Waals surface area contributed by atoms with E-state index in [2.05, 4.69) is 5.32 Å². The van der Waals surface area contributed by atoms with Gasteiger partial charge in [-0.1, -0.05) is 12.1 Å². The minimum Gasteiger partial charge on any atom is -0.372 e. The van der Waals surface area contributed by atoms with Crippen LogP contribution in [-0.2, 0) is 9.53 Å². The van der Waals surface area contributed by atoms with Crippen LogP contribution in [0.3, 0.4) is 0 Å². The maximum Gasteiger partial charge on any atom is 0.290 e. The van der Waals surface area contributed by atoms with Crippen molar-refractivity contribution in [2.75, 3.05) is 13.1 Å². The van der Waals surface area contributed by atoms with Gasteiger partial charge in [0.1, 0.15) is 0 Å². The van der Waals surface area contributed by atoms with E-state index in [1.54, 1.807) is 35.2 Å². The summed E-state index contributed by atoms with van der Waals surface area (Å²) in [4.78, 5) is 37.4. The molecule has 1 N–H and O–H groups in total. The Morgan fingerprint density at radius 3 is 2.38 bits per heavy atom. The highest BCUT2D eigenvalue weighted by molar-refractivity contribution is 8.18. The van der Waals surface area contributed by atoms with Crippen molar-refractivity contribution in [2.24, 2.45) is 0 Å². The van der Waals surface area contributed by atoms with Crippen molar-refractivity contribution in [1.82, 2.24) is 10.2 Å². The molecule has 2 fully saturated rings. The number of thioether (sulfide) groups is 1. The Morgan fingerprint density at radius 1 is 1.21 bits per heavy atom. The van der Waals surface area contributed by atoms with Crippen LogP contribution < -0.4 is 5.32 Å². The van der Waals surface area contributed by atoms with Crippen LogP contribution in [0.1, 0.15) is 29.8 Å². The van der Waals surface area contributed by atoms with Gasteiger partial charge in [0, 0.05) is 18.7 Å². The molecule has 0 saturated carbocycles. The van der Waals surface area contributed by atoms with Gasteiger partial charge in [-0.25, -0.2) is 0 Å². The maximum atomic E-state index is 12.6. The van der Waals surface area contributed by atoms with E-state index in [0.29, 0.717) is 23.6 Å². The number of ether oxygens (including phenoxy) is 1. The first kappa shape index (κ1) is 16.7. The highest BCUT2D eigenvalue weighted by atomic mass is 32.2. The number of hydrogen-bond donors (Lipinski definition) is 1. The maximum absolute atomic E-state index is 12.6. The summed E-state index contributed by atoms with van der Waals surface area (Å²) in [6, 6.07) is 7.01. The molecule has 2 heterocycles. The van der Waals surface area contributed by atoms with Gasteiger partial charge in [-0.15, -0.1) is 0 Å². The molecule has 0 spiro atoms. The van der Waals surface area contributed by atoms with Gasteiger partial charge in [0.15, 0.2) is 0 Å². The van der Waals surface area contributed by atoms with Gasteiger partial charge < -0.3 is 9.64 Å². The fourth-order valence-corrected chi connectivity index (χ4v) is 3.50. The first-order valence-electron chi connectivity index (χ1n) is 7.72. The minimum absolute atomic E-state index is 0.0251. The molecule has 2 aliphatic rings. The molecule has 0 aromatic heterocycles. The van der Waals surface area contributed by atoms with E-state index < -0.39 is 0 Å². The molecule has 6 nitrogen and oxygen atoms in total. The van der Waals surface area contributed by atoms with E-state index >= 15 is 0 Å². The van der Waals surface area contributed by atoms with Gasteiger partial charge in [0.25, 0.3) is 17.1 Å². The summed E-state index contributed by atoms with van der Waals surface area (Å²) in [5.41, 5.74) is 1.36. The summed E-state index contributed by atoms with van der Waals surface area (Å²) < 4.78 is 5.65. The Balaban J connectivity index is 1.72. The van der Waals surface area contributed by atoms with Crippen molar-refractivity contribution in [3.8, 4) is 0 Å². The summed E-state index contributed by atoms with van der Waals surface area (Å²) in [6.07, 6.45) is 1.69. The first-order valence-corrected chi connectivity index (χ1v) is 8.53. The lowest BCUT2D eigenvalue weighted by Gasteiger charge is -2.35. The standard InChI is InChI=1S/C17H18N2O4S/c1-10-8-19(9-11(2)23-10)16(21)13-5-3-12(4-6-13)7-14-15(20)18-17(22)24-14/h3-7,10-11H,8-9H2,1-2H3,(H,18,20,22). The van der Waals surface area contributed by atoms with E-state index in [4.69, 9.17) is 4.74 Å². The molecular formula is C17H18N2O4S. The number of hydrogen-bond acceptors (Lipinski definition) is 5. The number of nitrogens with one attached hydrogen (secondary N) is 1. The topological polar surface area (TPSA) is 75.7 Å². The number of benzene rings is 1. The third-order valence-corrected chi connectivity index (χ3v) is 4.61. The molecule has 2 aliphatic heterocycles. The molecule has 2 atom stereocenters. The van der Waals surface area contributed by atoms with Crippen LogP contribution in [0.2, 0.25) is 0 Å². The molecule has 0 aliphatic carbocycles. The summed E-state index contributed by atoms with van der Waals surface area (Å²) in [5.74, 6) is -0.416. The van der Waals surface area contributed by atoms with Crippen LogP contribution >= 0.6 is 11.8 Å². The highest BCUT2D eigenvalue weighted by Gasteiger charge is 2.27. The molecule has 126 valence electrons. The first-order chi connectivity index (χ1) is 11.4. The monoisotopic (exact) mass is 346 g/mol. The predicted octanol–water partition coefficient (Wildman–Crippen LogP) is 2.26. The number of amides is 3. The van der Waals surface area contributed by atoms with Crippen molar-refractivity contribution < 1.29 is 19.1 Å². The van der Waals surface area contributed by atoms with Gasteiger partial charge in [-0.3, -0.25) is 19.7 Å². The zero-order chi connectivity index (χ0) is 17.3. The fourth-order valence-electron chi connectivity index (χ4n) is 2.82. The molecular weight excluding hydrogens is 328 g/mol. The van der Waals surface area contributed by atoms with Crippen LogP contribution in [0, 0.1) is 0 Å². The largest absolute Gasteiger partial charge is 0.372 e. The van der Waals surface area contributed by atoms with E-state index in [9.17, 15) is 14.4 Å². The second kappa shape index (κ2) is 6.78. The Hall–Kier alpha value is -2.12. The normalized spacial score (nSPS) is 25.9. The predicted molar refractivity (Wildman–Crippen MR) is 91.5 cm³/mol. The third kappa shape index (κ3) is 3.68. The van der Waals surface area contributed by atoms with Gasteiger partial charge in [-0.05, 0) is 49.4 Å². The van der Waals surface area contributed by atoms with E-state index in [-0.39, 0.29) is 29.3 Å². The number of carbonyl (C=O) groups is 3. The Kier molecular flexibility index (Phi) is 4.73. The second-order valence-electron chi connectivity index (χ2n) is 5.94. The highest BCUT2D eigenvalue weighted by Crippen LogP contribution is 2.25. The summed E-state index contributed by atoms with van der Waals surface area (Å²) in [6.45, 7) is 5.06. The number of imide groups is 1. The van der Waals surface area contributed by atoms with Gasteiger partial charge in [-0.2, -0.15) is 0 Å². The number of rotatable bonds is 2. The lowest BCUT2D eigenvalue weighted by atomic mass is 10.1. The summed E-state index contributed by atoms with van der Waals surface area (Å²) in [5, 5.41) is 1.85. The second-order valence-corrected chi connectivity index (χ2v) is 6.96. The fraction of sp³-hybridized carbons (Fsp3) is 0.353. The van der Waals surface area contributed by atoms with Crippen LogP contribution in [-0.4, -0.2) is 47.3 Å². The smallest absolute Gasteiger partial charge is 0.290 e. The zero-order valence-corrected chi connectivity index (χ0v) is 14.3. The van der Waals surface area contributed by atoms with Crippen LogP contribution in [0.15, 0.2) is 29.2 Å². The van der Waals surface area contributed by atoms with Crippen molar-refractivity contribution in [1.29, 1.82) is 0 Å². The molecule has 1 aromatic carbocycles. The van der Waals surface area contributed by atoms with Crippen molar-refractivity contribution in [3.05, 3.63) is 40.3 Å². The molecule has 2 unspecified atom stereocenters. The van der Waals surface area contributed by atoms with E-state index in [1.807, 2.05) is 13.8 Å². The van der Waals surface area contributed by atoms with Crippen LogP contribution in [0.5, 0.6) is 0 Å². The van der Waals surface area contributed by atoms with Gasteiger partial charge in [0.2, 0.25) is 0 Å². The quantitative estimate of drug-likeness (QED) is 0.832. The van der Waals surface area contributed by atoms with E-state index in [0.717, 1.165) is 17.3 Å². The molecule has 0 bridgehead atoms. The number of carbonyl (C=O) groups excluding carboxylic acids is 3. The average Bonchev–Trinajstić information content (AvgIpc) is 2.84. The Labute approximate surface area is 144 Å². The van der Waals surface area contributed by atoms with Crippen LogP contribution in [0.25, 0.3) is 6.08 Å². The molecule has 0 radical (unpaired) electrons. The van der Waals surface area contributed by atoms with Crippen LogP contribution in [0.4, 0.5) is 4.79 Å². The molecule has 3 amide bonds. The van der Waals surface area contributed by atoms with Crippen molar-refractivity contribution >= 4 is 34.9 Å². The SMILES string of the molecule is CC1CN(C(=O)c2ccc(C=C3SC(=O)NC3=O)cc2)CC(C)O1. The number of morpholine rings is 1. The summed E-state index contributed by atoms with van der Waals surface area (Å²) in [7, 11) is 0. The molecule has 24 heavy (non-hydrogen) atoms. The Morgan fingerprint density at radius 2 is 1.83 bits per heavy atom. The molecule has 7 heteroatoms. The van der Waals surface area contributed by atoms with Crippen molar-refractivity contribution in [3.63, 3.8) is 0 Å².